The molecule has 6 rings (SSSR count). The number of nitrogens with zero attached hydrogens (tertiary/aromatic N) is 4. The number of benzene rings is 1. The summed E-state index contributed by atoms with van der Waals surface area (Å²) in [5, 5.41) is 7.71. The molecule has 0 bridgehead atoms. The van der Waals surface area contributed by atoms with Gasteiger partial charge in [-0.3, -0.25) is 14.5 Å². The average molecular weight is 508 g/mol. The number of rotatable bonds is 7. The molecule has 1 amide bonds. The highest BCUT2D eigenvalue weighted by molar-refractivity contribution is 6.07. The van der Waals surface area contributed by atoms with E-state index in [0.29, 0.717) is 13.1 Å². The Hall–Kier alpha value is -3.67. The van der Waals surface area contributed by atoms with Crippen molar-refractivity contribution in [3.05, 3.63) is 83.1 Å². The molecule has 38 heavy (non-hydrogen) atoms. The Balaban J connectivity index is 1.48. The van der Waals surface area contributed by atoms with Gasteiger partial charge in [0.05, 0.1) is 29.2 Å². The number of carbonyl (C=O) groups is 1. The summed E-state index contributed by atoms with van der Waals surface area (Å²) in [6.07, 6.45) is 13.7. The maximum atomic E-state index is 13.5. The molecule has 1 aliphatic carbocycles. The minimum Gasteiger partial charge on any atom is -0.352 e. The lowest BCUT2D eigenvalue weighted by Gasteiger charge is -2.21. The monoisotopic (exact) mass is 507 g/mol. The van der Waals surface area contributed by atoms with Gasteiger partial charge in [-0.15, -0.1) is 0 Å². The van der Waals surface area contributed by atoms with Crippen molar-refractivity contribution in [1.82, 2.24) is 24.6 Å². The van der Waals surface area contributed by atoms with Crippen LogP contribution in [0.5, 0.6) is 0 Å². The fraction of sp³-hybridized carbons (Fsp3) is 0.406. The van der Waals surface area contributed by atoms with Crippen LogP contribution in [0.15, 0.2) is 54.9 Å². The molecule has 1 aromatic carbocycles. The van der Waals surface area contributed by atoms with Gasteiger partial charge in [-0.2, -0.15) is 5.10 Å². The zero-order valence-electron chi connectivity index (χ0n) is 22.5. The number of carbonyl (C=O) groups excluding carboxylic acids is 1. The molecular formula is C32H37N5O. The first kappa shape index (κ1) is 24.7. The maximum absolute atomic E-state index is 13.5. The summed E-state index contributed by atoms with van der Waals surface area (Å²) in [5.74, 6) is 0.867. The molecule has 3 aromatic heterocycles. The number of hydrogen-bond donors (Lipinski definition) is 1. The number of aromatic nitrogens is 4. The molecule has 0 unspecified atom stereocenters. The van der Waals surface area contributed by atoms with E-state index < -0.39 is 0 Å². The van der Waals surface area contributed by atoms with Crippen molar-refractivity contribution in [3.63, 3.8) is 0 Å². The predicted molar refractivity (Wildman–Crippen MR) is 151 cm³/mol. The van der Waals surface area contributed by atoms with Gasteiger partial charge in [-0.05, 0) is 55.0 Å². The van der Waals surface area contributed by atoms with Gasteiger partial charge < -0.3 is 9.88 Å². The van der Waals surface area contributed by atoms with Crippen LogP contribution in [0.4, 0.5) is 0 Å². The van der Waals surface area contributed by atoms with Crippen molar-refractivity contribution in [2.24, 2.45) is 13.0 Å². The molecule has 1 saturated carbocycles. The Bertz CT molecular complexity index is 1440. The van der Waals surface area contributed by atoms with E-state index in [0.717, 1.165) is 63.8 Å². The molecule has 4 heterocycles. The fourth-order valence-corrected chi connectivity index (χ4v) is 6.52. The fourth-order valence-electron chi connectivity index (χ4n) is 6.52. The summed E-state index contributed by atoms with van der Waals surface area (Å²) in [6, 6.07) is 15.2. The van der Waals surface area contributed by atoms with E-state index in [1.165, 1.54) is 44.1 Å². The van der Waals surface area contributed by atoms with E-state index in [-0.39, 0.29) is 5.91 Å². The van der Waals surface area contributed by atoms with Gasteiger partial charge in [0.1, 0.15) is 0 Å². The van der Waals surface area contributed by atoms with Gasteiger partial charge in [0.15, 0.2) is 0 Å². The predicted octanol–water partition coefficient (Wildman–Crippen LogP) is 6.11. The molecule has 0 spiro atoms. The first-order valence-corrected chi connectivity index (χ1v) is 14.1. The summed E-state index contributed by atoms with van der Waals surface area (Å²) in [6.45, 7) is 3.33. The van der Waals surface area contributed by atoms with Crippen LogP contribution in [0.3, 0.4) is 0 Å². The molecule has 1 fully saturated rings. The molecule has 196 valence electrons. The van der Waals surface area contributed by atoms with Crippen molar-refractivity contribution in [2.45, 2.75) is 64.8 Å². The molecule has 0 atom stereocenters. The zero-order chi connectivity index (χ0) is 26.1. The number of nitrogens with one attached hydrogen (secondary N) is 1. The zero-order valence-corrected chi connectivity index (χ0v) is 22.5. The summed E-state index contributed by atoms with van der Waals surface area (Å²) < 4.78 is 4.30. The first-order chi connectivity index (χ1) is 18.6. The van der Waals surface area contributed by atoms with Crippen LogP contribution in [-0.4, -0.2) is 31.8 Å². The second-order valence-electron chi connectivity index (χ2n) is 11.0. The van der Waals surface area contributed by atoms with Gasteiger partial charge in [-0.25, -0.2) is 0 Å². The summed E-state index contributed by atoms with van der Waals surface area (Å²) >= 11 is 0. The molecule has 2 aliphatic rings. The second kappa shape index (κ2) is 10.6. The topological polar surface area (TPSA) is 64.7 Å². The van der Waals surface area contributed by atoms with E-state index in [9.17, 15) is 4.79 Å². The molecule has 0 radical (unpaired) electrons. The SMILES string of the molecule is Cc1cc(Cn2c3c(c(-c4cccc(CCC5CCCCC5)c4)c2-c2ccncc2)C(=O)NCC3)n(C)n1. The van der Waals surface area contributed by atoms with Crippen LogP contribution in [0.2, 0.25) is 0 Å². The smallest absolute Gasteiger partial charge is 0.253 e. The Kier molecular flexibility index (Phi) is 6.88. The van der Waals surface area contributed by atoms with Crippen molar-refractivity contribution < 1.29 is 4.79 Å². The number of amides is 1. The quantitative estimate of drug-likeness (QED) is 0.328. The van der Waals surface area contributed by atoms with Crippen LogP contribution in [0.1, 0.15) is 71.5 Å². The highest BCUT2D eigenvalue weighted by Crippen LogP contribution is 2.41. The lowest BCUT2D eigenvalue weighted by molar-refractivity contribution is 0.0946. The van der Waals surface area contributed by atoms with Crippen molar-refractivity contribution >= 4 is 5.91 Å². The van der Waals surface area contributed by atoms with E-state index >= 15 is 0 Å². The van der Waals surface area contributed by atoms with E-state index in [2.05, 4.69) is 62.4 Å². The average Bonchev–Trinajstić information content (AvgIpc) is 3.45. The summed E-state index contributed by atoms with van der Waals surface area (Å²) in [7, 11) is 1.99. The third-order valence-electron chi connectivity index (χ3n) is 8.40. The van der Waals surface area contributed by atoms with Crippen LogP contribution in [-0.2, 0) is 26.4 Å². The van der Waals surface area contributed by atoms with Gasteiger partial charge >= 0.3 is 0 Å². The number of hydrogen-bond acceptors (Lipinski definition) is 3. The van der Waals surface area contributed by atoms with E-state index in [4.69, 9.17) is 0 Å². The highest BCUT2D eigenvalue weighted by Gasteiger charge is 2.31. The van der Waals surface area contributed by atoms with Gasteiger partial charge in [0, 0.05) is 49.2 Å². The number of aryl methyl sites for hydroxylation is 3. The lowest BCUT2D eigenvalue weighted by Crippen LogP contribution is -2.32. The third-order valence-corrected chi connectivity index (χ3v) is 8.40. The molecule has 4 aromatic rings. The number of fused-ring (bicyclic) bond motifs is 1. The van der Waals surface area contributed by atoms with Crippen LogP contribution in [0, 0.1) is 12.8 Å². The third kappa shape index (κ3) is 4.80. The molecular weight excluding hydrogens is 470 g/mol. The largest absolute Gasteiger partial charge is 0.352 e. The minimum atomic E-state index is 0.0177. The normalized spacial score (nSPS) is 15.9. The van der Waals surface area contributed by atoms with E-state index in [1.54, 1.807) is 0 Å². The molecule has 1 aliphatic heterocycles. The number of pyridine rings is 1. The molecule has 0 saturated heterocycles. The summed E-state index contributed by atoms with van der Waals surface area (Å²) in [5.41, 5.74) is 9.68. The standard InChI is InChI=1S/C32H37N5O/c1-22-19-27(36(2)35-22)21-37-28-15-18-34-32(38)30(28)29(31(37)25-13-16-33-17-14-25)26-10-6-9-24(20-26)12-11-23-7-4-3-5-8-23/h6,9-10,13-14,16-17,19-20,23H,3-5,7-8,11-12,15,18,21H2,1-2H3,(H,34,38). The van der Waals surface area contributed by atoms with Crippen molar-refractivity contribution in [1.29, 1.82) is 0 Å². The Morgan fingerprint density at radius 1 is 1.00 bits per heavy atom. The molecule has 1 N–H and O–H groups in total. The molecule has 6 heteroatoms. The second-order valence-corrected chi connectivity index (χ2v) is 11.0. The van der Waals surface area contributed by atoms with Crippen LogP contribution < -0.4 is 5.32 Å². The van der Waals surface area contributed by atoms with E-state index in [1.807, 2.05) is 31.0 Å². The minimum absolute atomic E-state index is 0.0177. The molecule has 6 nitrogen and oxygen atoms in total. The van der Waals surface area contributed by atoms with Crippen LogP contribution in [0.25, 0.3) is 22.4 Å². The van der Waals surface area contributed by atoms with Gasteiger partial charge in [0.2, 0.25) is 0 Å². The Labute approximate surface area is 225 Å². The highest BCUT2D eigenvalue weighted by atomic mass is 16.1. The van der Waals surface area contributed by atoms with Gasteiger partial charge in [0.25, 0.3) is 5.91 Å². The van der Waals surface area contributed by atoms with Crippen molar-refractivity contribution in [2.75, 3.05) is 6.54 Å². The van der Waals surface area contributed by atoms with Crippen molar-refractivity contribution in [3.8, 4) is 22.4 Å². The Morgan fingerprint density at radius 2 is 1.82 bits per heavy atom. The van der Waals surface area contributed by atoms with Crippen LogP contribution >= 0.6 is 0 Å². The Morgan fingerprint density at radius 3 is 2.58 bits per heavy atom. The lowest BCUT2D eigenvalue weighted by atomic mass is 9.85. The summed E-state index contributed by atoms with van der Waals surface area (Å²) in [4.78, 5) is 17.7. The van der Waals surface area contributed by atoms with Gasteiger partial charge in [-0.1, -0.05) is 56.4 Å². The maximum Gasteiger partial charge on any atom is 0.253 e. The first-order valence-electron chi connectivity index (χ1n) is 14.1.